The maximum atomic E-state index is 13.5. The molecule has 0 radical (unpaired) electrons. The van der Waals surface area contributed by atoms with Gasteiger partial charge in [-0.1, -0.05) is 93.7 Å². The molecule has 0 bridgehead atoms. The molecule has 4 aromatic rings. The normalized spacial score (nSPS) is 11.0. The van der Waals surface area contributed by atoms with Crippen molar-refractivity contribution in [1.82, 2.24) is 4.98 Å². The maximum Gasteiger partial charge on any atom is 0.256 e. The van der Waals surface area contributed by atoms with Gasteiger partial charge in [0.1, 0.15) is 0 Å². The van der Waals surface area contributed by atoms with Crippen LogP contribution < -0.4 is 10.6 Å². The molecule has 6 heteroatoms. The van der Waals surface area contributed by atoms with Gasteiger partial charge >= 0.3 is 0 Å². The number of nitrogens with zero attached hydrogens (tertiary/aromatic N) is 1. The van der Waals surface area contributed by atoms with Crippen LogP contribution in [-0.4, -0.2) is 16.8 Å². The highest BCUT2D eigenvalue weighted by atomic mass is 35.5. The highest BCUT2D eigenvalue weighted by molar-refractivity contribution is 6.30. The van der Waals surface area contributed by atoms with Crippen molar-refractivity contribution in [3.8, 4) is 11.3 Å². The lowest BCUT2D eigenvalue weighted by atomic mass is 10.0. The number of aryl methyl sites for hydroxylation is 1. The van der Waals surface area contributed by atoms with Gasteiger partial charge in [-0.25, -0.2) is 4.98 Å². The smallest absolute Gasteiger partial charge is 0.256 e. The molecule has 41 heavy (non-hydrogen) atoms. The third kappa shape index (κ3) is 9.15. The Morgan fingerprint density at radius 3 is 2.00 bits per heavy atom. The summed E-state index contributed by atoms with van der Waals surface area (Å²) in [6.07, 6.45) is 11.6. The number of unbranched alkanes of at least 4 members (excludes halogenated alkanes) is 8. The molecule has 214 valence electrons. The van der Waals surface area contributed by atoms with Crippen LogP contribution in [0.15, 0.2) is 72.8 Å². The van der Waals surface area contributed by atoms with Crippen LogP contribution in [0.25, 0.3) is 22.2 Å². The van der Waals surface area contributed by atoms with Crippen LogP contribution in [0.4, 0.5) is 11.4 Å². The number of anilines is 2. The van der Waals surface area contributed by atoms with Crippen molar-refractivity contribution in [3.63, 3.8) is 0 Å². The second-order valence-corrected chi connectivity index (χ2v) is 11.2. The van der Waals surface area contributed by atoms with Gasteiger partial charge in [0, 0.05) is 33.8 Å². The highest BCUT2D eigenvalue weighted by Gasteiger charge is 2.15. The van der Waals surface area contributed by atoms with Crippen LogP contribution in [0.2, 0.25) is 5.02 Å². The Morgan fingerprint density at radius 1 is 0.732 bits per heavy atom. The molecule has 0 spiro atoms. The molecule has 0 aliphatic heterocycles. The van der Waals surface area contributed by atoms with E-state index in [0.29, 0.717) is 28.4 Å². The van der Waals surface area contributed by atoms with Gasteiger partial charge in [0.2, 0.25) is 5.91 Å². The Morgan fingerprint density at radius 2 is 1.34 bits per heavy atom. The van der Waals surface area contributed by atoms with Gasteiger partial charge in [0.15, 0.2) is 0 Å². The van der Waals surface area contributed by atoms with E-state index in [1.807, 2.05) is 67.6 Å². The number of halogens is 1. The Labute approximate surface area is 248 Å². The van der Waals surface area contributed by atoms with Gasteiger partial charge in [-0.15, -0.1) is 0 Å². The lowest BCUT2D eigenvalue weighted by Crippen LogP contribution is -2.14. The second-order valence-electron chi connectivity index (χ2n) is 10.7. The molecule has 1 aromatic heterocycles. The quantitative estimate of drug-likeness (QED) is 0.148. The fourth-order valence-electron chi connectivity index (χ4n) is 4.95. The van der Waals surface area contributed by atoms with E-state index < -0.39 is 0 Å². The standard InChI is InChI=1S/C35H40ClN3O2/c1-3-4-5-6-7-8-9-10-11-12-34(40)37-28-18-20-29(21-19-28)38-35(41)31-24-33(26-14-16-27(36)17-15-26)39-32-22-13-25(2)23-30(31)32/h13-24H,3-12H2,1-2H3,(H,37,40)(H,38,41). The lowest BCUT2D eigenvalue weighted by Gasteiger charge is -2.12. The van der Waals surface area contributed by atoms with E-state index in [2.05, 4.69) is 17.6 Å². The second kappa shape index (κ2) is 15.3. The average Bonchev–Trinajstić information content (AvgIpc) is 2.97. The number of pyridine rings is 1. The number of fused-ring (bicyclic) bond motifs is 1. The Hall–Kier alpha value is -3.70. The zero-order valence-corrected chi connectivity index (χ0v) is 24.9. The topological polar surface area (TPSA) is 71.1 Å². The van der Waals surface area contributed by atoms with E-state index in [0.717, 1.165) is 40.6 Å². The third-order valence-electron chi connectivity index (χ3n) is 7.28. The predicted octanol–water partition coefficient (Wildman–Crippen LogP) is 9.98. The first-order valence-electron chi connectivity index (χ1n) is 14.8. The van der Waals surface area contributed by atoms with Crippen molar-refractivity contribution in [3.05, 3.63) is 88.9 Å². The molecule has 0 atom stereocenters. The molecule has 0 aliphatic carbocycles. The number of aromatic nitrogens is 1. The molecule has 2 N–H and O–H groups in total. The van der Waals surface area contributed by atoms with Gasteiger partial charge in [-0.05, 0) is 67.9 Å². The van der Waals surface area contributed by atoms with Crippen LogP contribution in [0, 0.1) is 6.92 Å². The lowest BCUT2D eigenvalue weighted by molar-refractivity contribution is -0.116. The van der Waals surface area contributed by atoms with Crippen molar-refractivity contribution >= 4 is 45.7 Å². The molecular formula is C35H40ClN3O2. The van der Waals surface area contributed by atoms with Crippen molar-refractivity contribution < 1.29 is 9.59 Å². The van der Waals surface area contributed by atoms with Crippen molar-refractivity contribution in [2.24, 2.45) is 0 Å². The molecule has 0 fully saturated rings. The Kier molecular flexibility index (Phi) is 11.3. The summed E-state index contributed by atoms with van der Waals surface area (Å²) >= 11 is 6.07. The monoisotopic (exact) mass is 569 g/mol. The van der Waals surface area contributed by atoms with Gasteiger partial charge in [-0.2, -0.15) is 0 Å². The van der Waals surface area contributed by atoms with Crippen LogP contribution in [-0.2, 0) is 4.79 Å². The van der Waals surface area contributed by atoms with E-state index in [4.69, 9.17) is 16.6 Å². The average molecular weight is 570 g/mol. The van der Waals surface area contributed by atoms with Crippen LogP contribution in [0.5, 0.6) is 0 Å². The first-order chi connectivity index (χ1) is 19.9. The summed E-state index contributed by atoms with van der Waals surface area (Å²) in [5.41, 5.74) is 5.30. The van der Waals surface area contributed by atoms with Gasteiger partial charge in [0.05, 0.1) is 16.8 Å². The number of hydrogen-bond donors (Lipinski definition) is 2. The minimum Gasteiger partial charge on any atom is -0.326 e. The zero-order valence-electron chi connectivity index (χ0n) is 24.1. The van der Waals surface area contributed by atoms with Gasteiger partial charge < -0.3 is 10.6 Å². The molecule has 0 aliphatic rings. The summed E-state index contributed by atoms with van der Waals surface area (Å²) in [5.74, 6) is -0.196. The van der Waals surface area contributed by atoms with Crippen LogP contribution in [0.3, 0.4) is 0 Å². The number of hydrogen-bond acceptors (Lipinski definition) is 3. The highest BCUT2D eigenvalue weighted by Crippen LogP contribution is 2.27. The number of carbonyl (C=O) groups excluding carboxylic acids is 2. The number of nitrogens with one attached hydrogen (secondary N) is 2. The van der Waals surface area contributed by atoms with Crippen LogP contribution >= 0.6 is 11.6 Å². The largest absolute Gasteiger partial charge is 0.326 e. The Balaban J connectivity index is 1.34. The zero-order chi connectivity index (χ0) is 29.0. The van der Waals surface area contributed by atoms with Gasteiger partial charge in [-0.3, -0.25) is 9.59 Å². The summed E-state index contributed by atoms with van der Waals surface area (Å²) in [6, 6.07) is 22.4. The number of amides is 2. The van der Waals surface area contributed by atoms with E-state index in [9.17, 15) is 9.59 Å². The van der Waals surface area contributed by atoms with E-state index >= 15 is 0 Å². The van der Waals surface area contributed by atoms with E-state index in [1.54, 1.807) is 12.1 Å². The molecular weight excluding hydrogens is 530 g/mol. The number of rotatable bonds is 14. The van der Waals surface area contributed by atoms with E-state index in [-0.39, 0.29) is 11.8 Å². The summed E-state index contributed by atoms with van der Waals surface area (Å²) in [5, 5.41) is 7.41. The fourth-order valence-corrected chi connectivity index (χ4v) is 5.08. The minimum absolute atomic E-state index is 0.0260. The molecule has 0 unspecified atom stereocenters. The molecule has 0 saturated carbocycles. The summed E-state index contributed by atoms with van der Waals surface area (Å²) < 4.78 is 0. The minimum atomic E-state index is -0.222. The van der Waals surface area contributed by atoms with Crippen molar-refractivity contribution in [2.45, 2.75) is 78.1 Å². The maximum absolute atomic E-state index is 13.5. The summed E-state index contributed by atoms with van der Waals surface area (Å²) in [7, 11) is 0. The first kappa shape index (κ1) is 30.3. The first-order valence-corrected chi connectivity index (χ1v) is 15.2. The van der Waals surface area contributed by atoms with Gasteiger partial charge in [0.25, 0.3) is 5.91 Å². The third-order valence-corrected chi connectivity index (χ3v) is 7.53. The predicted molar refractivity (Wildman–Crippen MR) is 172 cm³/mol. The summed E-state index contributed by atoms with van der Waals surface area (Å²) in [4.78, 5) is 30.7. The molecule has 5 nitrogen and oxygen atoms in total. The van der Waals surface area contributed by atoms with Crippen LogP contribution in [0.1, 0.15) is 87.1 Å². The van der Waals surface area contributed by atoms with Crippen molar-refractivity contribution in [2.75, 3.05) is 10.6 Å². The SMILES string of the molecule is CCCCCCCCCCCC(=O)Nc1ccc(NC(=O)c2cc(-c3ccc(Cl)cc3)nc3ccc(C)cc23)cc1. The molecule has 4 rings (SSSR count). The molecule has 0 saturated heterocycles. The van der Waals surface area contributed by atoms with E-state index in [1.165, 1.54) is 44.9 Å². The Bertz CT molecular complexity index is 1450. The molecule has 3 aromatic carbocycles. The fraction of sp³-hybridized carbons (Fsp3) is 0.343. The molecule has 2 amide bonds. The summed E-state index contributed by atoms with van der Waals surface area (Å²) in [6.45, 7) is 4.24. The van der Waals surface area contributed by atoms with Crippen molar-refractivity contribution in [1.29, 1.82) is 0 Å². The molecule has 1 heterocycles. The number of benzene rings is 3. The number of carbonyl (C=O) groups is 2.